The summed E-state index contributed by atoms with van der Waals surface area (Å²) in [5.74, 6) is -0.140. The molecular formula is C57H116N2O6P+. The van der Waals surface area contributed by atoms with Gasteiger partial charge in [0, 0.05) is 6.42 Å². The lowest BCUT2D eigenvalue weighted by molar-refractivity contribution is -0.870. The van der Waals surface area contributed by atoms with Gasteiger partial charge in [0.2, 0.25) is 5.91 Å². The second kappa shape index (κ2) is 49.2. The van der Waals surface area contributed by atoms with Gasteiger partial charge >= 0.3 is 7.82 Å². The number of nitrogens with one attached hydrogen (secondary N) is 1. The fraction of sp³-hybridized carbons (Fsp3) is 0.947. The first-order chi connectivity index (χ1) is 32.0. The van der Waals surface area contributed by atoms with Crippen LogP contribution < -0.4 is 5.32 Å². The Kier molecular flexibility index (Phi) is 48.7. The van der Waals surface area contributed by atoms with Gasteiger partial charge in [0.15, 0.2) is 0 Å². The number of likely N-dealkylation sites (N-methyl/N-ethyl adjacent to an activating group) is 1. The third-order valence-electron chi connectivity index (χ3n) is 13.5. The van der Waals surface area contributed by atoms with Crippen LogP contribution >= 0.6 is 7.82 Å². The van der Waals surface area contributed by atoms with Crippen molar-refractivity contribution in [3.8, 4) is 0 Å². The highest BCUT2D eigenvalue weighted by Crippen LogP contribution is 2.43. The Labute approximate surface area is 412 Å². The minimum absolute atomic E-state index is 0.0772. The topological polar surface area (TPSA) is 105 Å². The maximum absolute atomic E-state index is 13.0. The number of carbonyl (C=O) groups excluding carboxylic acids is 1. The minimum Gasteiger partial charge on any atom is -0.391 e. The molecule has 0 saturated carbocycles. The van der Waals surface area contributed by atoms with Crippen LogP contribution in [-0.4, -0.2) is 73.4 Å². The van der Waals surface area contributed by atoms with Crippen molar-refractivity contribution in [1.82, 2.24) is 5.32 Å². The summed E-state index contributed by atoms with van der Waals surface area (Å²) in [7, 11) is 1.63. The van der Waals surface area contributed by atoms with E-state index in [0.29, 0.717) is 23.9 Å². The average Bonchev–Trinajstić information content (AvgIpc) is 3.28. The van der Waals surface area contributed by atoms with Crippen LogP contribution in [0.15, 0.2) is 12.2 Å². The molecule has 0 heterocycles. The third-order valence-corrected chi connectivity index (χ3v) is 14.5. The van der Waals surface area contributed by atoms with E-state index in [2.05, 4.69) is 31.3 Å². The monoisotopic (exact) mass is 956 g/mol. The molecule has 0 spiro atoms. The van der Waals surface area contributed by atoms with Crippen molar-refractivity contribution in [2.45, 2.75) is 309 Å². The van der Waals surface area contributed by atoms with Gasteiger partial charge in [-0.3, -0.25) is 13.8 Å². The lowest BCUT2D eigenvalue weighted by atomic mass is 10.0. The van der Waals surface area contributed by atoms with Gasteiger partial charge in [-0.25, -0.2) is 4.57 Å². The average molecular weight is 957 g/mol. The lowest BCUT2D eigenvalue weighted by Gasteiger charge is -2.26. The Hall–Kier alpha value is -0.760. The van der Waals surface area contributed by atoms with E-state index < -0.39 is 20.0 Å². The fourth-order valence-corrected chi connectivity index (χ4v) is 9.66. The SMILES string of the molecule is CCCCCCCCCC/C=C\CCCCCCCCCCCCCC(=O)NC(COP(=O)(O)OCC[N+](C)(C)C)C(O)CCCCCCCCCCCCCCCCCCCCCCC. The van der Waals surface area contributed by atoms with E-state index in [1.165, 1.54) is 231 Å². The molecule has 3 N–H and O–H groups in total. The van der Waals surface area contributed by atoms with E-state index in [-0.39, 0.29) is 19.1 Å². The van der Waals surface area contributed by atoms with Crippen molar-refractivity contribution in [2.75, 3.05) is 40.9 Å². The molecule has 0 aliphatic carbocycles. The van der Waals surface area contributed by atoms with Gasteiger partial charge in [0.25, 0.3) is 0 Å². The first kappa shape index (κ1) is 65.2. The molecule has 3 atom stereocenters. The first-order valence-electron chi connectivity index (χ1n) is 29.1. The normalized spacial score (nSPS) is 14.0. The molecule has 0 fully saturated rings. The largest absolute Gasteiger partial charge is 0.472 e. The molecule has 9 heteroatoms. The van der Waals surface area contributed by atoms with Gasteiger partial charge in [-0.1, -0.05) is 264 Å². The second-order valence-corrected chi connectivity index (χ2v) is 22.8. The van der Waals surface area contributed by atoms with E-state index in [4.69, 9.17) is 9.05 Å². The number of quaternary nitrogens is 1. The first-order valence-corrected chi connectivity index (χ1v) is 30.5. The smallest absolute Gasteiger partial charge is 0.391 e. The number of amides is 1. The number of phosphoric acid groups is 1. The number of rotatable bonds is 54. The van der Waals surface area contributed by atoms with Crippen LogP contribution in [0.3, 0.4) is 0 Å². The Balaban J connectivity index is 4.15. The number of nitrogens with zero attached hydrogens (tertiary/aromatic N) is 1. The van der Waals surface area contributed by atoms with Crippen molar-refractivity contribution in [3.05, 3.63) is 12.2 Å². The molecule has 0 bridgehead atoms. The van der Waals surface area contributed by atoms with E-state index in [0.717, 1.165) is 38.5 Å². The fourth-order valence-electron chi connectivity index (χ4n) is 8.93. The van der Waals surface area contributed by atoms with E-state index in [9.17, 15) is 19.4 Å². The number of allylic oxidation sites excluding steroid dienone is 2. The van der Waals surface area contributed by atoms with Crippen LogP contribution in [0, 0.1) is 0 Å². The summed E-state index contributed by atoms with van der Waals surface area (Å²) in [6.07, 6.45) is 59.8. The number of unbranched alkanes of at least 4 members (excludes halogenated alkanes) is 39. The molecule has 0 aromatic rings. The zero-order chi connectivity index (χ0) is 48.5. The van der Waals surface area contributed by atoms with Crippen molar-refractivity contribution >= 4 is 13.7 Å². The lowest BCUT2D eigenvalue weighted by Crippen LogP contribution is -2.46. The van der Waals surface area contributed by atoms with Crippen LogP contribution in [0.1, 0.15) is 296 Å². The summed E-state index contributed by atoms with van der Waals surface area (Å²) in [4.78, 5) is 23.3. The number of hydrogen-bond donors (Lipinski definition) is 3. The molecule has 1 amide bonds. The van der Waals surface area contributed by atoms with Crippen LogP contribution in [0.2, 0.25) is 0 Å². The molecule has 0 aliphatic heterocycles. The predicted molar refractivity (Wildman–Crippen MR) is 286 cm³/mol. The summed E-state index contributed by atoms with van der Waals surface area (Å²) >= 11 is 0. The van der Waals surface area contributed by atoms with Crippen LogP contribution in [0.25, 0.3) is 0 Å². The standard InChI is InChI=1S/C57H115N2O6P/c1-6-8-10-12-14-16-18-20-22-24-26-28-29-31-33-35-37-39-41-43-45-47-49-51-57(61)58-55(54-65-66(62,63)64-53-52-59(3,4)5)56(60)50-48-46-44-42-40-38-36-34-32-30-27-25-23-21-19-17-15-13-11-9-7-2/h24,26,55-56,60H,6-23,25,27-54H2,1-5H3,(H-,58,61,62,63)/p+1/b26-24-. The summed E-state index contributed by atoms with van der Waals surface area (Å²) in [6.45, 7) is 4.93. The molecule has 394 valence electrons. The Morgan fingerprint density at radius 2 is 0.818 bits per heavy atom. The van der Waals surface area contributed by atoms with Crippen LogP contribution in [0.4, 0.5) is 0 Å². The molecule has 0 radical (unpaired) electrons. The highest BCUT2D eigenvalue weighted by atomic mass is 31.2. The second-order valence-electron chi connectivity index (χ2n) is 21.4. The number of hydrogen-bond acceptors (Lipinski definition) is 5. The molecule has 0 rings (SSSR count). The maximum atomic E-state index is 13.0. The van der Waals surface area contributed by atoms with Crippen LogP contribution in [-0.2, 0) is 18.4 Å². The quantitative estimate of drug-likeness (QED) is 0.0243. The summed E-state index contributed by atoms with van der Waals surface area (Å²) in [6, 6.07) is -0.758. The van der Waals surface area contributed by atoms with E-state index in [1.807, 2.05) is 21.1 Å². The van der Waals surface area contributed by atoms with Gasteiger partial charge in [-0.15, -0.1) is 0 Å². The molecule has 0 aromatic heterocycles. The number of aliphatic hydroxyl groups is 1. The van der Waals surface area contributed by atoms with E-state index in [1.54, 1.807) is 0 Å². The van der Waals surface area contributed by atoms with Gasteiger partial charge in [0.1, 0.15) is 13.2 Å². The molecule has 66 heavy (non-hydrogen) atoms. The number of aliphatic hydroxyl groups excluding tert-OH is 1. The Morgan fingerprint density at radius 3 is 1.17 bits per heavy atom. The number of carbonyl (C=O) groups is 1. The van der Waals surface area contributed by atoms with Crippen LogP contribution in [0.5, 0.6) is 0 Å². The minimum atomic E-state index is -4.32. The third kappa shape index (κ3) is 51.1. The maximum Gasteiger partial charge on any atom is 0.472 e. The summed E-state index contributed by atoms with van der Waals surface area (Å²) < 4.78 is 23.8. The van der Waals surface area contributed by atoms with Crippen molar-refractivity contribution < 1.29 is 32.9 Å². The van der Waals surface area contributed by atoms with Gasteiger partial charge in [0.05, 0.1) is 39.9 Å². The molecule has 3 unspecified atom stereocenters. The van der Waals surface area contributed by atoms with Crippen molar-refractivity contribution in [1.29, 1.82) is 0 Å². The molecular weight excluding hydrogens is 840 g/mol. The summed E-state index contributed by atoms with van der Waals surface area (Å²) in [5.41, 5.74) is 0. The number of phosphoric ester groups is 1. The van der Waals surface area contributed by atoms with Gasteiger partial charge in [-0.2, -0.15) is 0 Å². The highest BCUT2D eigenvalue weighted by Gasteiger charge is 2.28. The van der Waals surface area contributed by atoms with E-state index >= 15 is 0 Å². The molecule has 0 aromatic carbocycles. The molecule has 0 saturated heterocycles. The predicted octanol–water partition coefficient (Wildman–Crippen LogP) is 17.4. The zero-order valence-electron chi connectivity index (χ0n) is 45.0. The zero-order valence-corrected chi connectivity index (χ0v) is 45.9. The Morgan fingerprint density at radius 1 is 0.500 bits per heavy atom. The van der Waals surface area contributed by atoms with Gasteiger partial charge in [-0.05, 0) is 38.5 Å². The van der Waals surface area contributed by atoms with Crippen molar-refractivity contribution in [3.63, 3.8) is 0 Å². The molecule has 0 aliphatic rings. The van der Waals surface area contributed by atoms with Gasteiger partial charge < -0.3 is 19.8 Å². The Bertz CT molecular complexity index is 1080. The highest BCUT2D eigenvalue weighted by molar-refractivity contribution is 7.47. The molecule has 8 nitrogen and oxygen atoms in total. The summed E-state index contributed by atoms with van der Waals surface area (Å²) in [5, 5.41) is 14.1. The van der Waals surface area contributed by atoms with Crippen molar-refractivity contribution in [2.24, 2.45) is 0 Å².